The topological polar surface area (TPSA) is 100 Å². The third kappa shape index (κ3) is 4.67. The van der Waals surface area contributed by atoms with E-state index < -0.39 is 0 Å². The lowest BCUT2D eigenvalue weighted by Crippen LogP contribution is -2.17. The van der Waals surface area contributed by atoms with Crippen LogP contribution in [0.5, 0.6) is 5.75 Å². The quantitative estimate of drug-likeness (QED) is 0.454. The van der Waals surface area contributed by atoms with Crippen LogP contribution in [-0.2, 0) is 13.3 Å². The predicted octanol–water partition coefficient (Wildman–Crippen LogP) is 4.26. The number of carbonyl (C=O) groups is 1. The van der Waals surface area contributed by atoms with Crippen LogP contribution in [0.15, 0.2) is 34.9 Å². The van der Waals surface area contributed by atoms with Crippen LogP contribution in [0.3, 0.4) is 0 Å². The molecule has 4 rings (SSSR count). The van der Waals surface area contributed by atoms with Gasteiger partial charge in [0.05, 0.1) is 28.3 Å². The van der Waals surface area contributed by atoms with Crippen molar-refractivity contribution in [2.45, 2.75) is 54.8 Å². The molecule has 1 N–H and O–H groups in total. The van der Waals surface area contributed by atoms with Crippen molar-refractivity contribution in [2.24, 2.45) is 0 Å². The monoisotopic (exact) mass is 448 g/mol. The Bertz CT molecular complexity index is 1300. The molecule has 0 unspecified atom stereocenters. The van der Waals surface area contributed by atoms with Gasteiger partial charge in [-0.25, -0.2) is 9.36 Å². The van der Waals surface area contributed by atoms with Gasteiger partial charge in [-0.1, -0.05) is 22.9 Å². The van der Waals surface area contributed by atoms with E-state index in [1.165, 1.54) is 0 Å². The Balaban J connectivity index is 1.51. The van der Waals surface area contributed by atoms with Crippen molar-refractivity contribution in [3.05, 3.63) is 75.7 Å². The molecule has 0 saturated carbocycles. The molecule has 0 aliphatic rings. The second kappa shape index (κ2) is 8.93. The first-order valence-electron chi connectivity index (χ1n) is 10.7. The molecule has 0 aliphatic heterocycles. The summed E-state index contributed by atoms with van der Waals surface area (Å²) in [4.78, 5) is 13.1. The number of ether oxygens (including phenoxy) is 1. The van der Waals surface area contributed by atoms with Crippen molar-refractivity contribution in [1.82, 2.24) is 24.7 Å². The molecule has 172 valence electrons. The predicted molar refractivity (Wildman–Crippen MR) is 124 cm³/mol. The van der Waals surface area contributed by atoms with Gasteiger partial charge in [0.15, 0.2) is 5.69 Å². The maximum Gasteiger partial charge on any atom is 0.278 e. The second-order valence-electron chi connectivity index (χ2n) is 8.24. The van der Waals surface area contributed by atoms with Crippen molar-refractivity contribution < 1.29 is 14.1 Å². The Morgan fingerprint density at radius 3 is 2.42 bits per heavy atom. The van der Waals surface area contributed by atoms with Crippen LogP contribution < -0.4 is 10.1 Å². The van der Waals surface area contributed by atoms with Crippen LogP contribution >= 0.6 is 0 Å². The van der Waals surface area contributed by atoms with Crippen molar-refractivity contribution in [3.8, 4) is 5.75 Å². The number of carbonyl (C=O) groups excluding carboxylic acids is 1. The molecular weight excluding hydrogens is 420 g/mol. The van der Waals surface area contributed by atoms with Crippen LogP contribution in [0.2, 0.25) is 0 Å². The molecule has 1 amide bonds. The number of anilines is 1. The number of benzene rings is 1. The highest BCUT2D eigenvalue weighted by Crippen LogP contribution is 2.23. The van der Waals surface area contributed by atoms with Crippen LogP contribution in [0.4, 0.5) is 5.69 Å². The fourth-order valence-corrected chi connectivity index (χ4v) is 3.66. The molecule has 0 spiro atoms. The van der Waals surface area contributed by atoms with Crippen LogP contribution in [0.1, 0.15) is 50.2 Å². The first-order valence-corrected chi connectivity index (χ1v) is 10.7. The number of amides is 1. The summed E-state index contributed by atoms with van der Waals surface area (Å²) in [5.41, 5.74) is 6.13. The van der Waals surface area contributed by atoms with Gasteiger partial charge in [0.2, 0.25) is 0 Å². The molecule has 0 fully saturated rings. The molecule has 4 aromatic rings. The largest absolute Gasteiger partial charge is 0.489 e. The highest BCUT2D eigenvalue weighted by molar-refractivity contribution is 6.04. The fraction of sp³-hybridized carbons (Fsp3) is 0.333. The van der Waals surface area contributed by atoms with E-state index in [4.69, 9.17) is 9.26 Å². The number of nitrogens with one attached hydrogen (secondary N) is 1. The lowest BCUT2D eigenvalue weighted by atomic mass is 10.2. The number of aryl methyl sites for hydroxylation is 5. The number of rotatable bonds is 7. The van der Waals surface area contributed by atoms with E-state index in [-0.39, 0.29) is 18.2 Å². The smallest absolute Gasteiger partial charge is 0.278 e. The summed E-state index contributed by atoms with van der Waals surface area (Å²) in [6.45, 7) is 12.1. The van der Waals surface area contributed by atoms with E-state index in [1.54, 1.807) is 6.92 Å². The third-order valence-corrected chi connectivity index (χ3v) is 5.60. The van der Waals surface area contributed by atoms with Crippen molar-refractivity contribution in [1.29, 1.82) is 0 Å². The minimum absolute atomic E-state index is 0.177. The van der Waals surface area contributed by atoms with Gasteiger partial charge in [-0.15, -0.1) is 0 Å². The summed E-state index contributed by atoms with van der Waals surface area (Å²) in [7, 11) is 0. The van der Waals surface area contributed by atoms with Gasteiger partial charge in [-0.3, -0.25) is 4.79 Å². The number of aromatic nitrogens is 5. The van der Waals surface area contributed by atoms with E-state index in [9.17, 15) is 4.79 Å². The number of hydrogen-bond donors (Lipinski definition) is 1. The Labute approximate surface area is 192 Å². The minimum atomic E-state index is -0.369. The molecule has 33 heavy (non-hydrogen) atoms. The zero-order valence-corrected chi connectivity index (χ0v) is 19.8. The Hall–Kier alpha value is -3.88. The van der Waals surface area contributed by atoms with Crippen molar-refractivity contribution >= 4 is 11.6 Å². The average molecular weight is 449 g/mol. The van der Waals surface area contributed by atoms with Gasteiger partial charge in [-0.2, -0.15) is 10.2 Å². The molecule has 1 aromatic carbocycles. The highest BCUT2D eigenvalue weighted by Gasteiger charge is 2.23. The van der Waals surface area contributed by atoms with Crippen LogP contribution in [0.25, 0.3) is 0 Å². The fourth-order valence-electron chi connectivity index (χ4n) is 3.66. The maximum atomic E-state index is 13.1. The zero-order valence-electron chi connectivity index (χ0n) is 19.8. The standard InChI is InChI=1S/C24H28N6O3/c1-14-7-9-20(10-8-14)32-12-21-19(6)33-28-23(21)24(31)25-22-17(4)27-30(18(22)5)13-29-16(3)11-15(2)26-29/h7-11H,12-13H2,1-6H3,(H,25,31). The Kier molecular flexibility index (Phi) is 6.04. The molecule has 9 heteroatoms. The summed E-state index contributed by atoms with van der Waals surface area (Å²) in [5, 5.41) is 16.0. The minimum Gasteiger partial charge on any atom is -0.489 e. The number of hydrogen-bond acceptors (Lipinski definition) is 6. The van der Waals surface area contributed by atoms with Crippen LogP contribution in [-0.4, -0.2) is 30.6 Å². The van der Waals surface area contributed by atoms with E-state index in [0.29, 0.717) is 35.1 Å². The van der Waals surface area contributed by atoms with Gasteiger partial charge in [0.1, 0.15) is 24.8 Å². The Morgan fingerprint density at radius 2 is 1.76 bits per heavy atom. The molecule has 0 aliphatic carbocycles. The molecular formula is C24H28N6O3. The van der Waals surface area contributed by atoms with Gasteiger partial charge in [0, 0.05) is 5.69 Å². The lowest BCUT2D eigenvalue weighted by Gasteiger charge is -2.09. The molecule has 3 aromatic heterocycles. The van der Waals surface area contributed by atoms with E-state index in [1.807, 2.05) is 74.3 Å². The first kappa shape index (κ1) is 22.3. The zero-order chi connectivity index (χ0) is 23.7. The molecule has 0 saturated heterocycles. The van der Waals surface area contributed by atoms with Gasteiger partial charge >= 0.3 is 0 Å². The molecule has 0 atom stereocenters. The summed E-state index contributed by atoms with van der Waals surface area (Å²) < 4.78 is 14.8. The van der Waals surface area contributed by atoms with Crippen molar-refractivity contribution in [2.75, 3.05) is 5.32 Å². The van der Waals surface area contributed by atoms with Crippen molar-refractivity contribution in [3.63, 3.8) is 0 Å². The molecule has 0 bridgehead atoms. The molecule has 9 nitrogen and oxygen atoms in total. The number of nitrogens with zero attached hydrogens (tertiary/aromatic N) is 5. The van der Waals surface area contributed by atoms with Gasteiger partial charge in [-0.05, 0) is 59.7 Å². The van der Waals surface area contributed by atoms with Crippen LogP contribution in [0, 0.1) is 41.5 Å². The summed E-state index contributed by atoms with van der Waals surface area (Å²) in [6.07, 6.45) is 0. The average Bonchev–Trinajstić information content (AvgIpc) is 3.38. The van der Waals surface area contributed by atoms with E-state index in [2.05, 4.69) is 20.7 Å². The first-order chi connectivity index (χ1) is 15.7. The normalized spacial score (nSPS) is 11.1. The summed E-state index contributed by atoms with van der Waals surface area (Å²) in [5.74, 6) is 0.886. The molecule has 3 heterocycles. The summed E-state index contributed by atoms with van der Waals surface area (Å²) >= 11 is 0. The lowest BCUT2D eigenvalue weighted by molar-refractivity contribution is 0.101. The van der Waals surface area contributed by atoms with E-state index >= 15 is 0 Å². The van der Waals surface area contributed by atoms with Gasteiger partial charge in [0.25, 0.3) is 5.91 Å². The SMILES string of the molecule is Cc1ccc(OCc2c(C(=O)Nc3c(C)nn(Cn4nc(C)cc4C)c3C)noc2C)cc1. The van der Waals surface area contributed by atoms with Gasteiger partial charge < -0.3 is 14.6 Å². The third-order valence-electron chi connectivity index (χ3n) is 5.60. The molecule has 0 radical (unpaired) electrons. The maximum absolute atomic E-state index is 13.1. The highest BCUT2D eigenvalue weighted by atomic mass is 16.5. The van der Waals surface area contributed by atoms with E-state index in [0.717, 1.165) is 22.6 Å². The Morgan fingerprint density at radius 1 is 1.03 bits per heavy atom. The second-order valence-corrected chi connectivity index (χ2v) is 8.24. The summed E-state index contributed by atoms with van der Waals surface area (Å²) in [6, 6.07) is 9.74.